The molecular weight excluding hydrogens is 300 g/mol. The van der Waals surface area contributed by atoms with Gasteiger partial charge in [-0.15, -0.1) is 0 Å². The van der Waals surface area contributed by atoms with E-state index in [-0.39, 0.29) is 0 Å². The van der Waals surface area contributed by atoms with Crippen LogP contribution < -0.4 is 0 Å². The summed E-state index contributed by atoms with van der Waals surface area (Å²) in [4.78, 5) is 0. The van der Waals surface area contributed by atoms with Gasteiger partial charge in [-0.3, -0.25) is 0 Å². The van der Waals surface area contributed by atoms with Crippen molar-refractivity contribution in [1.29, 1.82) is 0 Å². The maximum Gasteiger partial charge on any atom is 0.0716 e. The third-order valence-corrected chi connectivity index (χ3v) is 5.17. The highest BCUT2D eigenvalue weighted by molar-refractivity contribution is 9.09. The van der Waals surface area contributed by atoms with Gasteiger partial charge in [-0.25, -0.2) is 0 Å². The molecule has 0 aliphatic rings. The Morgan fingerprint density at radius 1 is 1.11 bits per heavy atom. The lowest BCUT2D eigenvalue weighted by molar-refractivity contribution is 0.0841. The van der Waals surface area contributed by atoms with Crippen molar-refractivity contribution in [3.05, 3.63) is 35.9 Å². The highest BCUT2D eigenvalue weighted by Gasteiger charge is 2.25. The average molecular weight is 327 g/mol. The normalized spacial score (nSPS) is 14.3. The molecule has 0 bridgehead atoms. The van der Waals surface area contributed by atoms with Gasteiger partial charge in [0.15, 0.2) is 0 Å². The van der Waals surface area contributed by atoms with Crippen molar-refractivity contribution in [2.45, 2.75) is 52.6 Å². The summed E-state index contributed by atoms with van der Waals surface area (Å²) in [5.41, 5.74) is 1.68. The maximum absolute atomic E-state index is 5.84. The summed E-state index contributed by atoms with van der Waals surface area (Å²) in [6, 6.07) is 10.4. The van der Waals surface area contributed by atoms with E-state index < -0.39 is 0 Å². The SMILES string of the molecule is CCCCC(CC)(CBr)CCOCc1ccccc1. The van der Waals surface area contributed by atoms with Crippen LogP contribution in [-0.2, 0) is 11.3 Å². The lowest BCUT2D eigenvalue weighted by atomic mass is 9.79. The largest absolute Gasteiger partial charge is 0.377 e. The van der Waals surface area contributed by atoms with Gasteiger partial charge in [-0.05, 0) is 30.2 Å². The minimum absolute atomic E-state index is 0.423. The second-order valence-corrected chi connectivity index (χ2v) is 5.94. The molecule has 0 spiro atoms. The Hall–Kier alpha value is -0.340. The van der Waals surface area contributed by atoms with Crippen molar-refractivity contribution in [1.82, 2.24) is 0 Å². The summed E-state index contributed by atoms with van der Waals surface area (Å²) in [7, 11) is 0. The van der Waals surface area contributed by atoms with Crippen LogP contribution in [0.2, 0.25) is 0 Å². The minimum Gasteiger partial charge on any atom is -0.377 e. The van der Waals surface area contributed by atoms with Gasteiger partial charge in [0.05, 0.1) is 6.61 Å². The van der Waals surface area contributed by atoms with Crippen LogP contribution in [0.25, 0.3) is 0 Å². The fourth-order valence-corrected chi connectivity index (χ4v) is 3.27. The van der Waals surface area contributed by atoms with E-state index in [1.165, 1.54) is 31.2 Å². The summed E-state index contributed by atoms with van der Waals surface area (Å²) < 4.78 is 5.84. The van der Waals surface area contributed by atoms with Crippen LogP contribution in [0.15, 0.2) is 30.3 Å². The molecule has 19 heavy (non-hydrogen) atoms. The Morgan fingerprint density at radius 3 is 2.42 bits per heavy atom. The number of ether oxygens (including phenoxy) is 1. The number of hydrogen-bond donors (Lipinski definition) is 0. The predicted octanol–water partition coefficient (Wildman–Crippen LogP) is 5.57. The molecule has 0 aliphatic heterocycles. The van der Waals surface area contributed by atoms with E-state index in [4.69, 9.17) is 4.74 Å². The summed E-state index contributed by atoms with van der Waals surface area (Å²) in [6.45, 7) is 6.16. The second-order valence-electron chi connectivity index (χ2n) is 5.38. The molecule has 1 aromatic rings. The zero-order chi connectivity index (χ0) is 14.0. The van der Waals surface area contributed by atoms with E-state index in [2.05, 4.69) is 54.0 Å². The third-order valence-electron chi connectivity index (χ3n) is 3.98. The number of unbranched alkanes of at least 4 members (excludes halogenated alkanes) is 1. The zero-order valence-corrected chi connectivity index (χ0v) is 13.9. The molecule has 1 unspecified atom stereocenters. The van der Waals surface area contributed by atoms with Crippen LogP contribution >= 0.6 is 15.9 Å². The smallest absolute Gasteiger partial charge is 0.0716 e. The second kappa shape index (κ2) is 9.55. The molecule has 0 N–H and O–H groups in total. The monoisotopic (exact) mass is 326 g/mol. The molecule has 1 aromatic carbocycles. The summed E-state index contributed by atoms with van der Waals surface area (Å²) >= 11 is 3.70. The van der Waals surface area contributed by atoms with Crippen molar-refractivity contribution in [2.75, 3.05) is 11.9 Å². The molecule has 108 valence electrons. The molecular formula is C17H27BrO. The molecule has 2 heteroatoms. The third kappa shape index (κ3) is 6.09. The first-order valence-electron chi connectivity index (χ1n) is 7.44. The molecule has 1 atom stereocenters. The molecule has 0 aliphatic carbocycles. The number of hydrogen-bond acceptors (Lipinski definition) is 1. The Bertz CT molecular complexity index is 319. The van der Waals surface area contributed by atoms with Crippen LogP contribution in [0, 0.1) is 5.41 Å². The predicted molar refractivity (Wildman–Crippen MR) is 86.8 cm³/mol. The topological polar surface area (TPSA) is 9.23 Å². The van der Waals surface area contributed by atoms with Crippen LogP contribution in [-0.4, -0.2) is 11.9 Å². The fraction of sp³-hybridized carbons (Fsp3) is 0.647. The van der Waals surface area contributed by atoms with Gasteiger partial charge >= 0.3 is 0 Å². The van der Waals surface area contributed by atoms with E-state index in [1.807, 2.05) is 6.07 Å². The summed E-state index contributed by atoms with van der Waals surface area (Å²) in [5, 5.41) is 1.09. The van der Waals surface area contributed by atoms with Crippen molar-refractivity contribution >= 4 is 15.9 Å². The maximum atomic E-state index is 5.84. The highest BCUT2D eigenvalue weighted by Crippen LogP contribution is 2.34. The van der Waals surface area contributed by atoms with Crippen molar-refractivity contribution in [3.8, 4) is 0 Å². The lowest BCUT2D eigenvalue weighted by Gasteiger charge is -2.31. The Labute approximate surface area is 126 Å². The van der Waals surface area contributed by atoms with Crippen molar-refractivity contribution in [2.24, 2.45) is 5.41 Å². The summed E-state index contributed by atoms with van der Waals surface area (Å²) in [5.74, 6) is 0. The van der Waals surface area contributed by atoms with Crippen LogP contribution in [0.1, 0.15) is 51.5 Å². The van der Waals surface area contributed by atoms with Crippen LogP contribution in [0.5, 0.6) is 0 Å². The van der Waals surface area contributed by atoms with Crippen molar-refractivity contribution < 1.29 is 4.74 Å². The molecule has 0 fully saturated rings. The van der Waals surface area contributed by atoms with Gasteiger partial charge in [-0.1, -0.05) is 73.0 Å². The van der Waals surface area contributed by atoms with E-state index in [9.17, 15) is 0 Å². The number of benzene rings is 1. The standard InChI is InChI=1S/C17H27BrO/c1-3-5-11-17(4-2,15-18)12-13-19-14-16-9-7-6-8-10-16/h6-10H,3-5,11-15H2,1-2H3. The Kier molecular flexibility index (Phi) is 8.40. The van der Waals surface area contributed by atoms with E-state index >= 15 is 0 Å². The van der Waals surface area contributed by atoms with Gasteiger partial charge < -0.3 is 4.74 Å². The first kappa shape index (κ1) is 16.7. The molecule has 0 amide bonds. The van der Waals surface area contributed by atoms with Crippen LogP contribution in [0.4, 0.5) is 0 Å². The van der Waals surface area contributed by atoms with Gasteiger partial charge in [0.25, 0.3) is 0 Å². The molecule has 0 saturated heterocycles. The molecule has 0 aromatic heterocycles. The molecule has 0 heterocycles. The first-order chi connectivity index (χ1) is 9.26. The van der Waals surface area contributed by atoms with E-state index in [0.717, 1.165) is 25.0 Å². The average Bonchev–Trinajstić information content (AvgIpc) is 2.48. The molecule has 1 nitrogen and oxygen atoms in total. The van der Waals surface area contributed by atoms with Crippen molar-refractivity contribution in [3.63, 3.8) is 0 Å². The van der Waals surface area contributed by atoms with E-state index in [1.54, 1.807) is 0 Å². The summed E-state index contributed by atoms with van der Waals surface area (Å²) in [6.07, 6.45) is 6.28. The van der Waals surface area contributed by atoms with Crippen LogP contribution in [0.3, 0.4) is 0 Å². The van der Waals surface area contributed by atoms with Gasteiger partial charge in [0.2, 0.25) is 0 Å². The molecule has 1 rings (SSSR count). The Balaban J connectivity index is 2.32. The fourth-order valence-electron chi connectivity index (χ4n) is 2.31. The number of rotatable bonds is 10. The lowest BCUT2D eigenvalue weighted by Crippen LogP contribution is -2.24. The van der Waals surface area contributed by atoms with Gasteiger partial charge in [0.1, 0.15) is 0 Å². The number of alkyl halides is 1. The Morgan fingerprint density at radius 2 is 1.84 bits per heavy atom. The van der Waals surface area contributed by atoms with Gasteiger partial charge in [-0.2, -0.15) is 0 Å². The molecule has 0 saturated carbocycles. The van der Waals surface area contributed by atoms with Gasteiger partial charge in [0, 0.05) is 11.9 Å². The molecule has 0 radical (unpaired) electrons. The van der Waals surface area contributed by atoms with E-state index in [0.29, 0.717) is 5.41 Å². The quantitative estimate of drug-likeness (QED) is 0.403. The minimum atomic E-state index is 0.423. The first-order valence-corrected chi connectivity index (χ1v) is 8.56. The zero-order valence-electron chi connectivity index (χ0n) is 12.3. The highest BCUT2D eigenvalue weighted by atomic mass is 79.9. The number of halogens is 1.